The normalized spacial score (nSPS) is 16.1. The van der Waals surface area contributed by atoms with Gasteiger partial charge in [-0.05, 0) is 5.41 Å². The Kier molecular flexibility index (Phi) is 3.77. The van der Waals surface area contributed by atoms with Gasteiger partial charge in [0.15, 0.2) is 0 Å². The van der Waals surface area contributed by atoms with E-state index in [9.17, 15) is 0 Å². The summed E-state index contributed by atoms with van der Waals surface area (Å²) in [5.41, 5.74) is 7.02. The molecular formula is C11H19N3O. The molecule has 4 nitrogen and oxygen atoms in total. The largest absolute Gasteiger partial charge is 0.379 e. The molecule has 2 unspecified atom stereocenters. The third-order valence-corrected chi connectivity index (χ3v) is 2.40. The summed E-state index contributed by atoms with van der Waals surface area (Å²) in [6, 6.07) is -0.198. The molecule has 15 heavy (non-hydrogen) atoms. The monoisotopic (exact) mass is 209 g/mol. The lowest BCUT2D eigenvalue weighted by atomic mass is 9.83. The van der Waals surface area contributed by atoms with Crippen molar-refractivity contribution < 1.29 is 4.74 Å². The van der Waals surface area contributed by atoms with Gasteiger partial charge in [0.25, 0.3) is 0 Å². The van der Waals surface area contributed by atoms with E-state index in [0.29, 0.717) is 0 Å². The number of nitrogens with zero attached hydrogens (tertiary/aromatic N) is 2. The summed E-state index contributed by atoms with van der Waals surface area (Å²) in [5, 5.41) is 0. The molecule has 0 aliphatic rings. The molecule has 0 bridgehead atoms. The van der Waals surface area contributed by atoms with Crippen molar-refractivity contribution in [1.82, 2.24) is 9.97 Å². The van der Waals surface area contributed by atoms with E-state index in [-0.39, 0.29) is 17.6 Å². The van der Waals surface area contributed by atoms with Gasteiger partial charge in [-0.15, -0.1) is 0 Å². The highest BCUT2D eigenvalue weighted by atomic mass is 16.5. The van der Waals surface area contributed by atoms with Crippen LogP contribution < -0.4 is 5.73 Å². The maximum atomic E-state index is 6.13. The van der Waals surface area contributed by atoms with Crippen LogP contribution in [0.25, 0.3) is 0 Å². The van der Waals surface area contributed by atoms with Crippen molar-refractivity contribution >= 4 is 0 Å². The zero-order chi connectivity index (χ0) is 11.5. The second kappa shape index (κ2) is 4.68. The van der Waals surface area contributed by atoms with Gasteiger partial charge in [-0.3, -0.25) is 0 Å². The summed E-state index contributed by atoms with van der Waals surface area (Å²) in [6.07, 6.45) is 4.91. The van der Waals surface area contributed by atoms with Gasteiger partial charge in [0, 0.05) is 25.1 Å². The van der Waals surface area contributed by atoms with Crippen LogP contribution in [0.1, 0.15) is 32.4 Å². The zero-order valence-electron chi connectivity index (χ0n) is 9.77. The van der Waals surface area contributed by atoms with Crippen LogP contribution in [0.2, 0.25) is 0 Å². The SMILES string of the molecule is COC(C(N)c1cncnc1)C(C)(C)C. The predicted octanol–water partition coefficient (Wildman–Crippen LogP) is 1.54. The van der Waals surface area contributed by atoms with E-state index < -0.39 is 0 Å². The Hall–Kier alpha value is -1.00. The fraction of sp³-hybridized carbons (Fsp3) is 0.636. The van der Waals surface area contributed by atoms with Gasteiger partial charge in [0.05, 0.1) is 12.1 Å². The molecule has 1 aromatic rings. The van der Waals surface area contributed by atoms with Crippen LogP contribution in [0, 0.1) is 5.41 Å². The summed E-state index contributed by atoms with van der Waals surface area (Å²) in [7, 11) is 1.68. The molecule has 0 aliphatic carbocycles. The summed E-state index contributed by atoms with van der Waals surface area (Å²) >= 11 is 0. The van der Waals surface area contributed by atoms with E-state index in [2.05, 4.69) is 30.7 Å². The summed E-state index contributed by atoms with van der Waals surface area (Å²) in [5.74, 6) is 0. The smallest absolute Gasteiger partial charge is 0.115 e. The van der Waals surface area contributed by atoms with Crippen LogP contribution in [0.3, 0.4) is 0 Å². The topological polar surface area (TPSA) is 61.0 Å². The second-order valence-electron chi connectivity index (χ2n) is 4.72. The standard InChI is InChI=1S/C11H19N3O/c1-11(2,3)10(15-4)9(12)8-5-13-7-14-6-8/h5-7,9-10H,12H2,1-4H3. The maximum absolute atomic E-state index is 6.13. The first-order valence-corrected chi connectivity index (χ1v) is 5.00. The quantitative estimate of drug-likeness (QED) is 0.820. The molecule has 0 aliphatic heterocycles. The molecule has 84 valence electrons. The van der Waals surface area contributed by atoms with Gasteiger partial charge in [-0.1, -0.05) is 20.8 Å². The first kappa shape index (κ1) is 12.1. The zero-order valence-corrected chi connectivity index (χ0v) is 9.77. The minimum absolute atomic E-state index is 0.00991. The van der Waals surface area contributed by atoms with E-state index in [0.717, 1.165) is 5.56 Å². The Morgan fingerprint density at radius 3 is 2.20 bits per heavy atom. The summed E-state index contributed by atoms with van der Waals surface area (Å²) < 4.78 is 5.45. The number of ether oxygens (including phenoxy) is 1. The molecule has 0 amide bonds. The number of nitrogens with two attached hydrogens (primary N) is 1. The summed E-state index contributed by atoms with van der Waals surface area (Å²) in [6.45, 7) is 6.31. The lowest BCUT2D eigenvalue weighted by molar-refractivity contribution is -0.00257. The first-order chi connectivity index (χ1) is 6.96. The van der Waals surface area contributed by atoms with Gasteiger partial charge in [-0.25, -0.2) is 9.97 Å². The third kappa shape index (κ3) is 2.97. The van der Waals surface area contributed by atoms with Crippen LogP contribution in [-0.2, 0) is 4.74 Å². The molecule has 0 fully saturated rings. The Labute approximate surface area is 90.9 Å². The van der Waals surface area contributed by atoms with Crippen molar-refractivity contribution in [2.45, 2.75) is 32.9 Å². The molecule has 0 saturated carbocycles. The molecule has 0 spiro atoms. The lowest BCUT2D eigenvalue weighted by Crippen LogP contribution is -2.38. The Morgan fingerprint density at radius 1 is 1.27 bits per heavy atom. The Balaban J connectivity index is 2.88. The van der Waals surface area contributed by atoms with Crippen molar-refractivity contribution in [1.29, 1.82) is 0 Å². The lowest BCUT2D eigenvalue weighted by Gasteiger charge is -2.33. The molecule has 2 N–H and O–H groups in total. The van der Waals surface area contributed by atoms with Gasteiger partial charge in [-0.2, -0.15) is 0 Å². The van der Waals surface area contributed by atoms with E-state index in [1.807, 2.05) is 0 Å². The molecule has 0 radical (unpaired) electrons. The molecule has 2 atom stereocenters. The molecule has 0 aromatic carbocycles. The maximum Gasteiger partial charge on any atom is 0.115 e. The molecule has 4 heteroatoms. The predicted molar refractivity (Wildman–Crippen MR) is 59.2 cm³/mol. The van der Waals surface area contributed by atoms with Crippen LogP contribution in [0.15, 0.2) is 18.7 Å². The number of hydrogen-bond acceptors (Lipinski definition) is 4. The highest BCUT2D eigenvalue weighted by Gasteiger charge is 2.31. The van der Waals surface area contributed by atoms with Gasteiger partial charge in [0.1, 0.15) is 6.33 Å². The number of aromatic nitrogens is 2. The molecule has 1 heterocycles. The first-order valence-electron chi connectivity index (χ1n) is 5.00. The van der Waals surface area contributed by atoms with E-state index in [1.54, 1.807) is 19.5 Å². The highest BCUT2D eigenvalue weighted by molar-refractivity contribution is 5.11. The fourth-order valence-electron chi connectivity index (χ4n) is 1.70. The van der Waals surface area contributed by atoms with Crippen LogP contribution in [-0.4, -0.2) is 23.2 Å². The number of methoxy groups -OCH3 is 1. The van der Waals surface area contributed by atoms with E-state index >= 15 is 0 Å². The van der Waals surface area contributed by atoms with E-state index in [1.165, 1.54) is 6.33 Å². The Morgan fingerprint density at radius 2 is 1.80 bits per heavy atom. The Bertz CT molecular complexity index is 294. The van der Waals surface area contributed by atoms with E-state index in [4.69, 9.17) is 10.5 Å². The van der Waals surface area contributed by atoms with Crippen molar-refractivity contribution in [3.63, 3.8) is 0 Å². The van der Waals surface area contributed by atoms with Gasteiger partial charge < -0.3 is 10.5 Å². The van der Waals surface area contributed by atoms with Crippen molar-refractivity contribution in [2.75, 3.05) is 7.11 Å². The van der Waals surface area contributed by atoms with Crippen molar-refractivity contribution in [3.8, 4) is 0 Å². The molecular weight excluding hydrogens is 190 g/mol. The van der Waals surface area contributed by atoms with Crippen LogP contribution in [0.5, 0.6) is 0 Å². The fourth-order valence-corrected chi connectivity index (χ4v) is 1.70. The highest BCUT2D eigenvalue weighted by Crippen LogP contribution is 2.30. The third-order valence-electron chi connectivity index (χ3n) is 2.40. The average molecular weight is 209 g/mol. The second-order valence-corrected chi connectivity index (χ2v) is 4.72. The average Bonchev–Trinajstić information content (AvgIpc) is 2.18. The summed E-state index contributed by atoms with van der Waals surface area (Å²) in [4.78, 5) is 7.92. The van der Waals surface area contributed by atoms with Crippen LogP contribution in [0.4, 0.5) is 0 Å². The van der Waals surface area contributed by atoms with Crippen molar-refractivity contribution in [3.05, 3.63) is 24.3 Å². The molecule has 1 aromatic heterocycles. The van der Waals surface area contributed by atoms with Gasteiger partial charge >= 0.3 is 0 Å². The minimum atomic E-state index is -0.198. The van der Waals surface area contributed by atoms with Crippen molar-refractivity contribution in [2.24, 2.45) is 11.1 Å². The number of hydrogen-bond donors (Lipinski definition) is 1. The number of rotatable bonds is 3. The molecule has 1 rings (SSSR count). The molecule has 0 saturated heterocycles. The van der Waals surface area contributed by atoms with Crippen LogP contribution >= 0.6 is 0 Å². The van der Waals surface area contributed by atoms with Gasteiger partial charge in [0.2, 0.25) is 0 Å². The minimum Gasteiger partial charge on any atom is -0.379 e.